The van der Waals surface area contributed by atoms with Gasteiger partial charge in [-0.3, -0.25) is 4.79 Å². The zero-order chi connectivity index (χ0) is 8.85. The first-order chi connectivity index (χ1) is 5.11. The van der Waals surface area contributed by atoms with Crippen LogP contribution in [-0.2, 0) is 9.59 Å². The largest absolute Gasteiger partial charge is 1.00 e. The molecule has 0 aliphatic heterocycles. The van der Waals surface area contributed by atoms with Crippen molar-refractivity contribution in [1.29, 1.82) is 0 Å². The van der Waals surface area contributed by atoms with Crippen LogP contribution in [0.25, 0.3) is 0 Å². The van der Waals surface area contributed by atoms with Gasteiger partial charge in [-0.1, -0.05) is 0 Å². The van der Waals surface area contributed by atoms with Crippen molar-refractivity contribution in [3.63, 3.8) is 0 Å². The number of rotatable bonds is 4. The third-order valence-electron chi connectivity index (χ3n) is 1.34. The molecule has 0 radical (unpaired) electrons. The number of nitrogens with zero attached hydrogens (tertiary/aromatic N) is 1. The quantitative estimate of drug-likeness (QED) is 0.469. The molecule has 0 fully saturated rings. The van der Waals surface area contributed by atoms with Crippen molar-refractivity contribution in [2.75, 3.05) is 20.7 Å². The summed E-state index contributed by atoms with van der Waals surface area (Å²) in [4.78, 5) is 22.4. The van der Waals surface area contributed by atoms with Crippen molar-refractivity contribution in [3.05, 3.63) is 0 Å². The molecule has 0 N–H and O–H groups in total. The molecule has 0 spiro atoms. The minimum absolute atomic E-state index is 0. The Bertz CT molecular complexity index is 150. The molecule has 0 aromatic carbocycles. The minimum Gasteiger partial charge on any atom is -0.854 e. The summed E-state index contributed by atoms with van der Waals surface area (Å²) in [7, 11) is 3.18. The van der Waals surface area contributed by atoms with Crippen molar-refractivity contribution < 1.29 is 72.9 Å². The Labute approximate surface area is 121 Å². The molecule has 0 saturated carbocycles. The maximum atomic E-state index is 10.9. The molecule has 0 saturated heterocycles. The molecule has 12 heavy (non-hydrogen) atoms. The van der Waals surface area contributed by atoms with E-state index >= 15 is 0 Å². The smallest absolute Gasteiger partial charge is 0.854 e. The summed E-state index contributed by atoms with van der Waals surface area (Å²) in [5.74, 6) is -0.845. The maximum Gasteiger partial charge on any atom is 1.00 e. The summed E-state index contributed by atoms with van der Waals surface area (Å²) in [6.07, 6.45) is 0.564. The van der Waals surface area contributed by atoms with Gasteiger partial charge in [0.05, 0.1) is 0 Å². The topological polar surface area (TPSA) is 60.4 Å². The van der Waals surface area contributed by atoms with Crippen LogP contribution in [-0.4, -0.2) is 37.8 Å². The zero-order valence-electron chi connectivity index (χ0n) is 7.74. The van der Waals surface area contributed by atoms with Crippen LogP contribution in [0, 0.1) is 5.92 Å². The van der Waals surface area contributed by atoms with Crippen LogP contribution in [0.4, 0.5) is 0 Å². The molecule has 5 heteroatoms. The van der Waals surface area contributed by atoms with Gasteiger partial charge in [0.25, 0.3) is 0 Å². The first-order valence-corrected chi connectivity index (χ1v) is 3.35. The molecular formula is C7H12NO3Rb. The molecule has 0 rings (SSSR count). The van der Waals surface area contributed by atoms with Gasteiger partial charge in [0, 0.05) is 26.4 Å². The van der Waals surface area contributed by atoms with Crippen LogP contribution in [0.15, 0.2) is 0 Å². The molecule has 4 nitrogen and oxygen atoms in total. The van der Waals surface area contributed by atoms with Gasteiger partial charge in [-0.05, 0) is 0 Å². The van der Waals surface area contributed by atoms with Crippen LogP contribution in [0.2, 0.25) is 0 Å². The molecule has 0 aliphatic rings. The molecule has 0 heterocycles. The van der Waals surface area contributed by atoms with Crippen molar-refractivity contribution in [1.82, 2.24) is 4.90 Å². The fraction of sp³-hybridized carbons (Fsp3) is 0.714. The van der Waals surface area contributed by atoms with E-state index in [1.165, 1.54) is 4.90 Å². The number of amides is 1. The number of hydrogen-bond acceptors (Lipinski definition) is 3. The summed E-state index contributed by atoms with van der Waals surface area (Å²) in [5, 5.41) is 10.2. The van der Waals surface area contributed by atoms with E-state index in [9.17, 15) is 14.7 Å². The Morgan fingerprint density at radius 3 is 2.33 bits per heavy atom. The van der Waals surface area contributed by atoms with Crippen LogP contribution >= 0.6 is 0 Å². The molecule has 1 amide bonds. The van der Waals surface area contributed by atoms with Crippen LogP contribution in [0.5, 0.6) is 0 Å². The second-order valence-electron chi connectivity index (χ2n) is 2.56. The third kappa shape index (κ3) is 6.42. The summed E-state index contributed by atoms with van der Waals surface area (Å²) < 4.78 is 0. The second kappa shape index (κ2) is 8.50. The Balaban J connectivity index is 0. The van der Waals surface area contributed by atoms with E-state index in [1.807, 2.05) is 0 Å². The average Bonchev–Trinajstić information content (AvgIpc) is 1.99. The van der Waals surface area contributed by atoms with E-state index in [1.54, 1.807) is 14.1 Å². The molecule has 64 valence electrons. The zero-order valence-corrected chi connectivity index (χ0v) is 12.7. The van der Waals surface area contributed by atoms with Crippen LogP contribution < -0.4 is 63.3 Å². The van der Waals surface area contributed by atoms with E-state index in [0.29, 0.717) is 6.29 Å². The summed E-state index contributed by atoms with van der Waals surface area (Å²) in [5.41, 5.74) is 0. The van der Waals surface area contributed by atoms with Gasteiger partial charge in [0.15, 0.2) is 0 Å². The molecule has 1 atom stereocenters. The van der Waals surface area contributed by atoms with E-state index in [-0.39, 0.29) is 70.5 Å². The van der Waals surface area contributed by atoms with Crippen molar-refractivity contribution in [2.24, 2.45) is 5.92 Å². The molecule has 0 aromatic rings. The Morgan fingerprint density at radius 2 is 2.08 bits per heavy atom. The monoisotopic (exact) mass is 243 g/mol. The van der Waals surface area contributed by atoms with Gasteiger partial charge in [0.2, 0.25) is 5.91 Å². The summed E-state index contributed by atoms with van der Waals surface area (Å²) in [6.45, 7) is -0.511. The first kappa shape index (κ1) is 15.4. The predicted octanol–water partition coefficient (Wildman–Crippen LogP) is -4.36. The average molecular weight is 244 g/mol. The Morgan fingerprint density at radius 1 is 1.58 bits per heavy atom. The van der Waals surface area contributed by atoms with Crippen molar-refractivity contribution in [2.45, 2.75) is 6.42 Å². The Hall–Kier alpha value is 0.905. The molecule has 0 bridgehead atoms. The first-order valence-electron chi connectivity index (χ1n) is 3.35. The van der Waals surface area contributed by atoms with E-state index < -0.39 is 12.5 Å². The van der Waals surface area contributed by atoms with Gasteiger partial charge >= 0.3 is 58.2 Å². The van der Waals surface area contributed by atoms with E-state index in [2.05, 4.69) is 0 Å². The van der Waals surface area contributed by atoms with Crippen LogP contribution in [0.1, 0.15) is 6.42 Å². The molecule has 0 aliphatic carbocycles. The van der Waals surface area contributed by atoms with Gasteiger partial charge < -0.3 is 14.8 Å². The third-order valence-corrected chi connectivity index (χ3v) is 1.34. The van der Waals surface area contributed by atoms with Crippen LogP contribution in [0.3, 0.4) is 0 Å². The predicted molar refractivity (Wildman–Crippen MR) is 37.7 cm³/mol. The molecular weight excluding hydrogens is 232 g/mol. The minimum atomic E-state index is -0.662. The molecule has 0 aromatic heterocycles. The normalized spacial score (nSPS) is 11.2. The van der Waals surface area contributed by atoms with Gasteiger partial charge in [-0.2, -0.15) is 0 Å². The second-order valence-corrected chi connectivity index (χ2v) is 2.56. The fourth-order valence-corrected chi connectivity index (χ4v) is 0.553. The van der Waals surface area contributed by atoms with Gasteiger partial charge in [0.1, 0.15) is 6.29 Å². The number of carbonyl (C=O) groups excluding carboxylic acids is 2. The standard InChI is InChI=1S/C7H12NO3.Rb/c1-8(2)7(11)3-6(4-9)5-10;/h4,6H,3,5H2,1-2H3;/q-1;+1. The number of carbonyl (C=O) groups is 2. The SMILES string of the molecule is CN(C)C(=O)CC(C=O)C[O-].[Rb+]. The van der Waals surface area contributed by atoms with Crippen molar-refractivity contribution in [3.8, 4) is 0 Å². The number of aldehydes is 1. The van der Waals surface area contributed by atoms with E-state index in [4.69, 9.17) is 0 Å². The maximum absolute atomic E-state index is 10.9. The fourth-order valence-electron chi connectivity index (χ4n) is 0.553. The summed E-state index contributed by atoms with van der Waals surface area (Å²) >= 11 is 0. The number of hydrogen-bond donors (Lipinski definition) is 0. The Kier molecular flexibility index (Phi) is 10.9. The van der Waals surface area contributed by atoms with Crippen molar-refractivity contribution >= 4 is 12.2 Å². The van der Waals surface area contributed by atoms with Gasteiger partial charge in [-0.25, -0.2) is 0 Å². The molecule has 1 unspecified atom stereocenters. The summed E-state index contributed by atoms with van der Waals surface area (Å²) in [6, 6.07) is 0. The van der Waals surface area contributed by atoms with Gasteiger partial charge in [-0.15, -0.1) is 6.61 Å². The van der Waals surface area contributed by atoms with E-state index in [0.717, 1.165) is 0 Å².